The highest BCUT2D eigenvalue weighted by Crippen LogP contribution is 2.24. The van der Waals surface area contributed by atoms with Gasteiger partial charge in [-0.3, -0.25) is 4.79 Å². The summed E-state index contributed by atoms with van der Waals surface area (Å²) in [6.45, 7) is 2.02. The quantitative estimate of drug-likeness (QED) is 0.814. The maximum absolute atomic E-state index is 12.3. The molecule has 0 saturated carbocycles. The van der Waals surface area contributed by atoms with Crippen LogP contribution in [0.2, 0.25) is 0 Å². The van der Waals surface area contributed by atoms with Crippen LogP contribution in [0, 0.1) is 0 Å². The van der Waals surface area contributed by atoms with Crippen molar-refractivity contribution in [1.29, 1.82) is 0 Å². The maximum Gasteiger partial charge on any atom is 0.337 e. The predicted molar refractivity (Wildman–Crippen MR) is 91.2 cm³/mol. The number of para-hydroxylation sites is 1. The molecule has 2 aromatic rings. The lowest BCUT2D eigenvalue weighted by molar-refractivity contribution is 0.0698. The molecule has 0 fully saturated rings. The molecule has 0 unspecified atom stereocenters. The van der Waals surface area contributed by atoms with Crippen LogP contribution in [0.3, 0.4) is 0 Å². The number of carboxylic acid groups (broad SMARTS) is 1. The van der Waals surface area contributed by atoms with E-state index in [1.165, 1.54) is 34.9 Å². The highest BCUT2D eigenvalue weighted by atomic mass is 32.2. The summed E-state index contributed by atoms with van der Waals surface area (Å²) in [5.41, 5.74) is 0.111. The van der Waals surface area contributed by atoms with E-state index in [2.05, 4.69) is 5.32 Å². The molecule has 0 saturated heterocycles. The van der Waals surface area contributed by atoms with Gasteiger partial charge in [-0.2, -0.15) is 0 Å². The lowest BCUT2D eigenvalue weighted by Crippen LogP contribution is -2.26. The summed E-state index contributed by atoms with van der Waals surface area (Å²) >= 11 is 0.981. The first-order valence-corrected chi connectivity index (χ1v) is 9.28. The normalized spacial score (nSPS) is 11.5. The SMILES string of the molecule is CCN(C)S(=O)(=O)c1csc(C(=O)Nc2ccccc2C(=O)O)c1. The molecule has 1 heterocycles. The summed E-state index contributed by atoms with van der Waals surface area (Å²) in [7, 11) is -2.17. The minimum atomic E-state index is -3.63. The molecule has 0 aliphatic heterocycles. The molecular formula is C15H16N2O5S2. The molecule has 0 radical (unpaired) electrons. The molecule has 9 heteroatoms. The minimum absolute atomic E-state index is 0.0357. The number of nitrogens with one attached hydrogen (secondary N) is 1. The molecule has 0 spiro atoms. The fraction of sp³-hybridized carbons (Fsp3) is 0.200. The van der Waals surface area contributed by atoms with Gasteiger partial charge >= 0.3 is 5.97 Å². The monoisotopic (exact) mass is 368 g/mol. The topological polar surface area (TPSA) is 104 Å². The molecule has 7 nitrogen and oxygen atoms in total. The minimum Gasteiger partial charge on any atom is -0.478 e. The molecule has 2 N–H and O–H groups in total. The molecule has 1 aromatic carbocycles. The van der Waals surface area contributed by atoms with Gasteiger partial charge in [0.2, 0.25) is 10.0 Å². The number of nitrogens with zero attached hydrogens (tertiary/aromatic N) is 1. The van der Waals surface area contributed by atoms with Gasteiger partial charge < -0.3 is 10.4 Å². The fourth-order valence-electron chi connectivity index (χ4n) is 1.89. The Balaban J connectivity index is 2.26. The number of carboxylic acids is 1. The van der Waals surface area contributed by atoms with E-state index < -0.39 is 21.9 Å². The Hall–Kier alpha value is -2.23. The van der Waals surface area contributed by atoms with Gasteiger partial charge in [0.15, 0.2) is 0 Å². The van der Waals surface area contributed by atoms with E-state index in [0.29, 0.717) is 6.54 Å². The van der Waals surface area contributed by atoms with Gasteiger partial charge in [0, 0.05) is 19.0 Å². The molecule has 0 atom stereocenters. The average Bonchev–Trinajstić information content (AvgIpc) is 3.05. The van der Waals surface area contributed by atoms with Gasteiger partial charge in [-0.05, 0) is 18.2 Å². The third-order valence-electron chi connectivity index (χ3n) is 3.36. The van der Waals surface area contributed by atoms with Crippen molar-refractivity contribution in [2.24, 2.45) is 0 Å². The summed E-state index contributed by atoms with van der Waals surface area (Å²) < 4.78 is 25.6. The maximum atomic E-state index is 12.3. The lowest BCUT2D eigenvalue weighted by atomic mass is 10.2. The number of hydrogen-bond donors (Lipinski definition) is 2. The molecule has 1 amide bonds. The van der Waals surface area contributed by atoms with Gasteiger partial charge in [-0.15, -0.1) is 11.3 Å². The van der Waals surface area contributed by atoms with Gasteiger partial charge in [0.05, 0.1) is 21.0 Å². The van der Waals surface area contributed by atoms with Crippen LogP contribution < -0.4 is 5.32 Å². The molecule has 0 bridgehead atoms. The Bertz CT molecular complexity index is 873. The van der Waals surface area contributed by atoms with Crippen molar-refractivity contribution >= 4 is 38.9 Å². The average molecular weight is 368 g/mol. The smallest absolute Gasteiger partial charge is 0.337 e. The van der Waals surface area contributed by atoms with Gasteiger partial charge in [-0.1, -0.05) is 19.1 Å². The first kappa shape index (κ1) is 18.1. The van der Waals surface area contributed by atoms with E-state index in [-0.39, 0.29) is 21.0 Å². The van der Waals surface area contributed by atoms with Crippen LogP contribution in [0.15, 0.2) is 40.6 Å². The number of aromatic carboxylic acids is 1. The number of rotatable bonds is 6. The Kier molecular flexibility index (Phi) is 5.37. The Labute approximate surface area is 143 Å². The van der Waals surface area contributed by atoms with Crippen molar-refractivity contribution in [3.8, 4) is 0 Å². The number of hydrogen-bond acceptors (Lipinski definition) is 5. The van der Waals surface area contributed by atoms with Crippen molar-refractivity contribution in [2.75, 3.05) is 18.9 Å². The van der Waals surface area contributed by atoms with Gasteiger partial charge in [-0.25, -0.2) is 17.5 Å². The van der Waals surface area contributed by atoms with Crippen LogP contribution >= 0.6 is 11.3 Å². The fourth-order valence-corrected chi connectivity index (χ4v) is 4.22. The van der Waals surface area contributed by atoms with Crippen LogP contribution in [-0.4, -0.2) is 43.3 Å². The second-order valence-electron chi connectivity index (χ2n) is 4.87. The largest absolute Gasteiger partial charge is 0.478 e. The Morgan fingerprint density at radius 1 is 1.29 bits per heavy atom. The first-order chi connectivity index (χ1) is 11.3. The van der Waals surface area contributed by atoms with E-state index in [1.54, 1.807) is 19.1 Å². The van der Waals surface area contributed by atoms with Crippen LogP contribution in [0.4, 0.5) is 5.69 Å². The summed E-state index contributed by atoms with van der Waals surface area (Å²) in [6, 6.07) is 7.28. The van der Waals surface area contributed by atoms with Crippen molar-refractivity contribution in [3.63, 3.8) is 0 Å². The molecule has 0 aliphatic carbocycles. The third-order valence-corrected chi connectivity index (χ3v) is 6.35. The van der Waals surface area contributed by atoms with Gasteiger partial charge in [0.25, 0.3) is 5.91 Å². The zero-order chi connectivity index (χ0) is 17.9. The molecule has 0 aliphatic rings. The second kappa shape index (κ2) is 7.12. The number of thiophene rings is 1. The molecular weight excluding hydrogens is 352 g/mol. The van der Waals surface area contributed by atoms with Crippen molar-refractivity contribution in [3.05, 3.63) is 46.2 Å². The number of benzene rings is 1. The van der Waals surface area contributed by atoms with Crippen LogP contribution in [-0.2, 0) is 10.0 Å². The zero-order valence-electron chi connectivity index (χ0n) is 13.0. The molecule has 128 valence electrons. The third kappa shape index (κ3) is 3.64. The Morgan fingerprint density at radius 3 is 2.58 bits per heavy atom. The number of sulfonamides is 1. The number of anilines is 1. The van der Waals surface area contributed by atoms with Gasteiger partial charge in [0.1, 0.15) is 0 Å². The molecule has 1 aromatic heterocycles. The summed E-state index contributed by atoms with van der Waals surface area (Å²) in [5, 5.41) is 13.0. The van der Waals surface area contributed by atoms with E-state index in [1.807, 2.05) is 0 Å². The molecule has 24 heavy (non-hydrogen) atoms. The van der Waals surface area contributed by atoms with Crippen LogP contribution in [0.5, 0.6) is 0 Å². The highest BCUT2D eigenvalue weighted by molar-refractivity contribution is 7.89. The first-order valence-electron chi connectivity index (χ1n) is 6.96. The number of carbonyl (C=O) groups is 2. The van der Waals surface area contributed by atoms with E-state index in [0.717, 1.165) is 11.3 Å². The standard InChI is InChI=1S/C15H16N2O5S2/c1-3-17(2)24(21,22)10-8-13(23-9-10)14(18)16-12-7-5-4-6-11(12)15(19)20/h4-9H,3H2,1-2H3,(H,16,18)(H,19,20). The highest BCUT2D eigenvalue weighted by Gasteiger charge is 2.23. The summed E-state index contributed by atoms with van der Waals surface area (Å²) in [4.78, 5) is 23.6. The predicted octanol–water partition coefficient (Wildman–Crippen LogP) is 2.34. The summed E-state index contributed by atoms with van der Waals surface area (Å²) in [5.74, 6) is -1.72. The van der Waals surface area contributed by atoms with E-state index >= 15 is 0 Å². The van der Waals surface area contributed by atoms with Crippen molar-refractivity contribution in [2.45, 2.75) is 11.8 Å². The number of amides is 1. The van der Waals surface area contributed by atoms with Crippen LogP contribution in [0.1, 0.15) is 27.0 Å². The Morgan fingerprint density at radius 2 is 1.96 bits per heavy atom. The summed E-state index contributed by atoms with van der Waals surface area (Å²) in [6.07, 6.45) is 0. The van der Waals surface area contributed by atoms with Crippen LogP contribution in [0.25, 0.3) is 0 Å². The van der Waals surface area contributed by atoms with Crippen molar-refractivity contribution < 1.29 is 23.1 Å². The van der Waals surface area contributed by atoms with E-state index in [9.17, 15) is 18.0 Å². The second-order valence-corrected chi connectivity index (χ2v) is 7.83. The lowest BCUT2D eigenvalue weighted by Gasteiger charge is -2.12. The van der Waals surface area contributed by atoms with Crippen molar-refractivity contribution in [1.82, 2.24) is 4.31 Å². The van der Waals surface area contributed by atoms with E-state index in [4.69, 9.17) is 5.11 Å². The zero-order valence-corrected chi connectivity index (χ0v) is 14.6. The molecule has 2 rings (SSSR count). The number of carbonyl (C=O) groups excluding carboxylic acids is 1.